The molecule has 0 spiro atoms. The highest BCUT2D eigenvalue weighted by Gasteiger charge is 2.21. The third-order valence-corrected chi connectivity index (χ3v) is 5.84. The third kappa shape index (κ3) is 4.89. The van der Waals surface area contributed by atoms with Gasteiger partial charge in [-0.2, -0.15) is 0 Å². The molecule has 0 radical (unpaired) electrons. The Balaban J connectivity index is 1.67. The van der Waals surface area contributed by atoms with Gasteiger partial charge in [-0.15, -0.1) is 0 Å². The number of methoxy groups -OCH3 is 1. The van der Waals surface area contributed by atoms with Crippen LogP contribution in [0, 0.1) is 11.8 Å². The summed E-state index contributed by atoms with van der Waals surface area (Å²) < 4.78 is 5.33. The molecule has 1 aromatic carbocycles. The number of nitrogens with zero attached hydrogens (tertiary/aromatic N) is 1. The predicted molar refractivity (Wildman–Crippen MR) is 98.4 cm³/mol. The van der Waals surface area contributed by atoms with E-state index in [2.05, 4.69) is 29.2 Å². The summed E-state index contributed by atoms with van der Waals surface area (Å²) in [4.78, 5) is 2.69. The number of rotatable bonds is 6. The van der Waals surface area contributed by atoms with Crippen LogP contribution < -0.4 is 9.64 Å². The molecule has 23 heavy (non-hydrogen) atoms. The van der Waals surface area contributed by atoms with Crippen molar-refractivity contribution < 1.29 is 4.74 Å². The van der Waals surface area contributed by atoms with Gasteiger partial charge in [0.2, 0.25) is 0 Å². The minimum Gasteiger partial charge on any atom is -0.497 e. The SMILES string of the molecule is COc1ccc(N(CC2CCCCC2)CC2CCCCC2)cc1. The van der Waals surface area contributed by atoms with Crippen LogP contribution in [0.4, 0.5) is 5.69 Å². The molecule has 2 fully saturated rings. The van der Waals surface area contributed by atoms with Crippen molar-refractivity contribution >= 4 is 5.69 Å². The second-order valence-electron chi connectivity index (χ2n) is 7.61. The van der Waals surface area contributed by atoms with Gasteiger partial charge in [-0.1, -0.05) is 38.5 Å². The van der Waals surface area contributed by atoms with Crippen molar-refractivity contribution in [1.29, 1.82) is 0 Å². The number of benzene rings is 1. The average molecular weight is 316 g/mol. The number of anilines is 1. The molecule has 0 heterocycles. The normalized spacial score (nSPS) is 20.4. The van der Waals surface area contributed by atoms with Crippen molar-refractivity contribution in [3.05, 3.63) is 24.3 Å². The molecule has 3 rings (SSSR count). The molecule has 2 heteroatoms. The van der Waals surface area contributed by atoms with Crippen LogP contribution >= 0.6 is 0 Å². The van der Waals surface area contributed by atoms with E-state index in [0.29, 0.717) is 0 Å². The molecule has 0 aromatic heterocycles. The molecule has 0 N–H and O–H groups in total. The zero-order valence-corrected chi connectivity index (χ0v) is 14.8. The Hall–Kier alpha value is -1.18. The Morgan fingerprint density at radius 1 is 0.783 bits per heavy atom. The molecular weight excluding hydrogens is 282 g/mol. The first kappa shape index (κ1) is 16.7. The molecule has 0 atom stereocenters. The van der Waals surface area contributed by atoms with Crippen molar-refractivity contribution in [1.82, 2.24) is 0 Å². The molecule has 2 saturated carbocycles. The zero-order valence-electron chi connectivity index (χ0n) is 14.8. The number of hydrogen-bond donors (Lipinski definition) is 0. The minimum atomic E-state index is 0.898. The van der Waals surface area contributed by atoms with Gasteiger partial charge in [-0.25, -0.2) is 0 Å². The number of hydrogen-bond acceptors (Lipinski definition) is 2. The predicted octanol–water partition coefficient (Wildman–Crippen LogP) is 5.66. The summed E-state index contributed by atoms with van der Waals surface area (Å²) >= 11 is 0. The van der Waals surface area contributed by atoms with Crippen LogP contribution in [-0.2, 0) is 0 Å². The van der Waals surface area contributed by atoms with Crippen molar-refractivity contribution in [3.8, 4) is 5.75 Å². The molecular formula is C21H33NO. The van der Waals surface area contributed by atoms with E-state index in [1.54, 1.807) is 7.11 Å². The fraction of sp³-hybridized carbons (Fsp3) is 0.714. The van der Waals surface area contributed by atoms with E-state index in [9.17, 15) is 0 Å². The fourth-order valence-corrected chi connectivity index (χ4v) is 4.44. The molecule has 128 valence electrons. The van der Waals surface area contributed by atoms with E-state index in [1.807, 2.05) is 0 Å². The second kappa shape index (κ2) is 8.61. The Kier molecular flexibility index (Phi) is 6.24. The van der Waals surface area contributed by atoms with E-state index >= 15 is 0 Å². The van der Waals surface area contributed by atoms with Crippen LogP contribution in [-0.4, -0.2) is 20.2 Å². The first-order chi connectivity index (χ1) is 11.3. The molecule has 0 unspecified atom stereocenters. The van der Waals surface area contributed by atoms with Crippen LogP contribution in [0.3, 0.4) is 0 Å². The maximum Gasteiger partial charge on any atom is 0.119 e. The summed E-state index contributed by atoms with van der Waals surface area (Å²) in [6.45, 7) is 2.51. The Morgan fingerprint density at radius 3 is 1.70 bits per heavy atom. The maximum atomic E-state index is 5.33. The van der Waals surface area contributed by atoms with Gasteiger partial charge in [0.1, 0.15) is 5.75 Å². The first-order valence-corrected chi connectivity index (χ1v) is 9.74. The molecule has 1 aromatic rings. The van der Waals surface area contributed by atoms with E-state index in [4.69, 9.17) is 4.74 Å². The van der Waals surface area contributed by atoms with Crippen LogP contribution in [0.1, 0.15) is 64.2 Å². The average Bonchev–Trinajstić information content (AvgIpc) is 2.63. The van der Waals surface area contributed by atoms with Gasteiger partial charge >= 0.3 is 0 Å². The fourth-order valence-electron chi connectivity index (χ4n) is 4.44. The lowest BCUT2D eigenvalue weighted by Gasteiger charge is -2.35. The van der Waals surface area contributed by atoms with E-state index in [-0.39, 0.29) is 0 Å². The Labute approximate surface area is 142 Å². The van der Waals surface area contributed by atoms with Crippen molar-refractivity contribution in [2.24, 2.45) is 11.8 Å². The summed E-state index contributed by atoms with van der Waals surface area (Å²) in [7, 11) is 1.75. The monoisotopic (exact) mass is 315 g/mol. The van der Waals surface area contributed by atoms with Crippen LogP contribution in [0.15, 0.2) is 24.3 Å². The van der Waals surface area contributed by atoms with Gasteiger partial charge in [0.05, 0.1) is 7.11 Å². The van der Waals surface area contributed by atoms with Crippen molar-refractivity contribution in [3.63, 3.8) is 0 Å². The van der Waals surface area contributed by atoms with E-state index in [1.165, 1.54) is 83.0 Å². The van der Waals surface area contributed by atoms with Crippen molar-refractivity contribution in [2.75, 3.05) is 25.1 Å². The topological polar surface area (TPSA) is 12.5 Å². The van der Waals surface area contributed by atoms with Crippen molar-refractivity contribution in [2.45, 2.75) is 64.2 Å². The van der Waals surface area contributed by atoms with Crippen LogP contribution in [0.2, 0.25) is 0 Å². The summed E-state index contributed by atoms with van der Waals surface area (Å²) in [6, 6.07) is 8.74. The lowest BCUT2D eigenvalue weighted by molar-refractivity contribution is 0.327. The summed E-state index contributed by atoms with van der Waals surface area (Å²) in [5, 5.41) is 0. The summed E-state index contributed by atoms with van der Waals surface area (Å²) in [6.07, 6.45) is 14.3. The molecule has 2 aliphatic carbocycles. The van der Waals surface area contributed by atoms with Crippen LogP contribution in [0.25, 0.3) is 0 Å². The molecule has 0 amide bonds. The van der Waals surface area contributed by atoms with Gasteiger partial charge in [0.15, 0.2) is 0 Å². The quantitative estimate of drug-likeness (QED) is 0.671. The highest BCUT2D eigenvalue weighted by Crippen LogP contribution is 2.30. The first-order valence-electron chi connectivity index (χ1n) is 9.74. The van der Waals surface area contributed by atoms with E-state index < -0.39 is 0 Å². The maximum absolute atomic E-state index is 5.33. The van der Waals surface area contributed by atoms with Gasteiger partial charge in [0.25, 0.3) is 0 Å². The highest BCUT2D eigenvalue weighted by atomic mass is 16.5. The second-order valence-corrected chi connectivity index (χ2v) is 7.61. The summed E-state index contributed by atoms with van der Waals surface area (Å²) in [5.41, 5.74) is 1.39. The minimum absolute atomic E-state index is 0.898. The molecule has 0 aliphatic heterocycles. The molecule has 2 aliphatic rings. The largest absolute Gasteiger partial charge is 0.497 e. The Morgan fingerprint density at radius 2 is 1.26 bits per heavy atom. The smallest absolute Gasteiger partial charge is 0.119 e. The lowest BCUT2D eigenvalue weighted by Crippen LogP contribution is -2.35. The standard InChI is InChI=1S/C21H33NO/c1-23-21-14-12-20(13-15-21)22(16-18-8-4-2-5-9-18)17-19-10-6-3-7-11-19/h12-15,18-19H,2-11,16-17H2,1H3. The van der Waals surface area contributed by atoms with Gasteiger partial charge in [-0.05, 0) is 61.8 Å². The number of ether oxygens (including phenoxy) is 1. The zero-order chi connectivity index (χ0) is 15.9. The highest BCUT2D eigenvalue weighted by molar-refractivity contribution is 5.49. The van der Waals surface area contributed by atoms with E-state index in [0.717, 1.165) is 17.6 Å². The van der Waals surface area contributed by atoms with Crippen LogP contribution in [0.5, 0.6) is 5.75 Å². The summed E-state index contributed by atoms with van der Waals surface area (Å²) in [5.74, 6) is 2.76. The van der Waals surface area contributed by atoms with Gasteiger partial charge in [-0.3, -0.25) is 0 Å². The third-order valence-electron chi connectivity index (χ3n) is 5.84. The molecule has 0 bridgehead atoms. The molecule has 0 saturated heterocycles. The molecule has 2 nitrogen and oxygen atoms in total. The lowest BCUT2D eigenvalue weighted by atomic mass is 9.86. The Bertz CT molecular complexity index is 423. The van der Waals surface area contributed by atoms with Gasteiger partial charge < -0.3 is 9.64 Å². The van der Waals surface area contributed by atoms with Gasteiger partial charge in [0, 0.05) is 18.8 Å².